The lowest BCUT2D eigenvalue weighted by Gasteiger charge is -2.52. The van der Waals surface area contributed by atoms with Crippen LogP contribution in [0, 0.1) is 17.8 Å². The van der Waals surface area contributed by atoms with Crippen LogP contribution in [-0.4, -0.2) is 89.8 Å². The molecule has 3 aromatic rings. The maximum Gasteiger partial charge on any atom is 0.338 e. The first-order chi connectivity index (χ1) is 21.3. The lowest BCUT2D eigenvalue weighted by atomic mass is 9.63. The average Bonchev–Trinajstić information content (AvgIpc) is 3.43. The first-order valence-electron chi connectivity index (χ1n) is 14.9. The Kier molecular flexibility index (Phi) is 8.34. The standard InChI is InChI=1S/C33H40N2O9/c1-38-19-7-8-20-21-9-10-35-16-18-13-27(44-32(36)17-11-25(39-2)30(41-4)26(12-17)40-3)31(42-5)28(33(37)43-6)22(18)15-24(35)29(21)34-23(20)14-19/h7-8,11-12,14,18,22,24,27-28,31,34H,9-10,13,15-16H2,1-6H3/t18?,22-,24-,27+,28-,31-/m0/s1. The molecule has 1 saturated carbocycles. The fraction of sp³-hybridized carbons (Fsp3) is 0.515. The van der Waals surface area contributed by atoms with Crippen LogP contribution < -0.4 is 18.9 Å². The Bertz CT molecular complexity index is 1530. The predicted octanol–water partition coefficient (Wildman–Crippen LogP) is 4.17. The zero-order valence-corrected chi connectivity index (χ0v) is 26.0. The van der Waals surface area contributed by atoms with Crippen LogP contribution in [0.1, 0.15) is 40.5 Å². The second-order valence-electron chi connectivity index (χ2n) is 11.7. The van der Waals surface area contributed by atoms with Crippen LogP contribution in [0.5, 0.6) is 23.0 Å². The van der Waals surface area contributed by atoms with Crippen molar-refractivity contribution in [1.82, 2.24) is 9.88 Å². The number of hydrogen-bond acceptors (Lipinski definition) is 10. The van der Waals surface area contributed by atoms with Gasteiger partial charge in [0.2, 0.25) is 5.75 Å². The van der Waals surface area contributed by atoms with Crippen molar-refractivity contribution in [3.05, 3.63) is 47.2 Å². The summed E-state index contributed by atoms with van der Waals surface area (Å²) in [6.45, 7) is 1.68. The molecule has 6 atom stereocenters. The smallest absolute Gasteiger partial charge is 0.338 e. The Labute approximate surface area is 256 Å². The van der Waals surface area contributed by atoms with Crippen molar-refractivity contribution in [2.75, 3.05) is 55.7 Å². The number of aromatic nitrogens is 1. The minimum Gasteiger partial charge on any atom is -0.497 e. The van der Waals surface area contributed by atoms with Crippen molar-refractivity contribution < 1.29 is 42.7 Å². The molecule has 3 heterocycles. The van der Waals surface area contributed by atoms with Gasteiger partial charge in [0.15, 0.2) is 11.5 Å². The van der Waals surface area contributed by atoms with Gasteiger partial charge >= 0.3 is 11.9 Å². The van der Waals surface area contributed by atoms with Gasteiger partial charge in [0.05, 0.1) is 53.1 Å². The molecule has 11 heteroatoms. The number of rotatable bonds is 8. The maximum absolute atomic E-state index is 13.5. The SMILES string of the molecule is COC(=O)[C@@H]1[C@@H](OC)[C@H](OC(=O)c2cc(OC)c(OC)c(OC)c2)CC2CN3CCc4c([nH]c5cc(OC)ccc45)[C@@H]3C[C@@H]21. The summed E-state index contributed by atoms with van der Waals surface area (Å²) < 4.78 is 39.1. The first-order valence-corrected chi connectivity index (χ1v) is 14.9. The van der Waals surface area contributed by atoms with E-state index in [9.17, 15) is 9.59 Å². The molecular weight excluding hydrogens is 568 g/mol. The third kappa shape index (κ3) is 5.01. The van der Waals surface area contributed by atoms with Gasteiger partial charge in [-0.25, -0.2) is 4.79 Å². The number of carbonyl (C=O) groups excluding carboxylic acids is 2. The van der Waals surface area contributed by atoms with Gasteiger partial charge in [-0.1, -0.05) is 0 Å². The van der Waals surface area contributed by atoms with Crippen LogP contribution in [-0.2, 0) is 25.4 Å². The molecule has 1 N–H and O–H groups in total. The van der Waals surface area contributed by atoms with E-state index < -0.39 is 24.1 Å². The van der Waals surface area contributed by atoms with E-state index in [0.29, 0.717) is 23.7 Å². The number of hydrogen-bond donors (Lipinski definition) is 1. The monoisotopic (exact) mass is 608 g/mol. The van der Waals surface area contributed by atoms with Crippen molar-refractivity contribution in [3.63, 3.8) is 0 Å². The summed E-state index contributed by atoms with van der Waals surface area (Å²) in [6, 6.07) is 9.40. The van der Waals surface area contributed by atoms with Gasteiger partial charge < -0.3 is 38.1 Å². The molecule has 2 aliphatic heterocycles. The lowest BCUT2D eigenvalue weighted by Crippen LogP contribution is -2.58. The number of nitrogens with one attached hydrogen (secondary N) is 1. The normalized spacial score (nSPS) is 26.1. The Morgan fingerprint density at radius 3 is 2.30 bits per heavy atom. The van der Waals surface area contributed by atoms with E-state index in [1.165, 1.54) is 45.1 Å². The predicted molar refractivity (Wildman–Crippen MR) is 161 cm³/mol. The maximum atomic E-state index is 13.5. The summed E-state index contributed by atoms with van der Waals surface area (Å²) in [4.78, 5) is 33.1. The van der Waals surface area contributed by atoms with Crippen LogP contribution in [0.2, 0.25) is 0 Å². The number of carbonyl (C=O) groups is 2. The minimum atomic E-state index is -0.670. The van der Waals surface area contributed by atoms with E-state index in [0.717, 1.165) is 37.2 Å². The number of methoxy groups -OCH3 is 6. The summed E-state index contributed by atoms with van der Waals surface area (Å²) >= 11 is 0. The molecular formula is C33H40N2O9. The zero-order valence-electron chi connectivity index (χ0n) is 26.0. The fourth-order valence-electron chi connectivity index (χ4n) is 7.76. The second-order valence-corrected chi connectivity index (χ2v) is 11.7. The molecule has 2 aromatic carbocycles. The van der Waals surface area contributed by atoms with Crippen molar-refractivity contribution >= 4 is 22.8 Å². The Balaban J connectivity index is 1.29. The molecule has 0 radical (unpaired) electrons. The van der Waals surface area contributed by atoms with Gasteiger partial charge in [-0.15, -0.1) is 0 Å². The van der Waals surface area contributed by atoms with Crippen LogP contribution >= 0.6 is 0 Å². The third-order valence-corrected chi connectivity index (χ3v) is 9.76. The summed E-state index contributed by atoms with van der Waals surface area (Å²) in [5.41, 5.74) is 3.83. The van der Waals surface area contributed by atoms with E-state index in [1.54, 1.807) is 26.4 Å². The molecule has 0 amide bonds. The summed E-state index contributed by atoms with van der Waals surface area (Å²) in [5, 5.41) is 1.21. The number of benzene rings is 2. The van der Waals surface area contributed by atoms with Gasteiger partial charge in [-0.2, -0.15) is 0 Å². The second kappa shape index (κ2) is 12.2. The summed E-state index contributed by atoms with van der Waals surface area (Å²) in [5.74, 6) is 0.441. The quantitative estimate of drug-likeness (QED) is 0.374. The fourth-order valence-corrected chi connectivity index (χ4v) is 7.76. The highest BCUT2D eigenvalue weighted by Crippen LogP contribution is 2.51. The van der Waals surface area contributed by atoms with E-state index in [-0.39, 0.29) is 29.4 Å². The minimum absolute atomic E-state index is 0.0170. The number of H-pyrrole nitrogens is 1. The van der Waals surface area contributed by atoms with Gasteiger partial charge in [-0.3, -0.25) is 9.69 Å². The molecule has 0 spiro atoms. The first kappa shape index (κ1) is 30.1. The summed E-state index contributed by atoms with van der Waals surface area (Å²) in [7, 11) is 9.10. The van der Waals surface area contributed by atoms with Crippen LogP contribution in [0.3, 0.4) is 0 Å². The van der Waals surface area contributed by atoms with E-state index in [1.807, 2.05) is 12.1 Å². The van der Waals surface area contributed by atoms with Crippen molar-refractivity contribution in [3.8, 4) is 23.0 Å². The topological polar surface area (TPSA) is 118 Å². The number of ether oxygens (including phenoxy) is 7. The van der Waals surface area contributed by atoms with Gasteiger partial charge in [0.1, 0.15) is 18.0 Å². The number of esters is 2. The Hall–Kier alpha value is -3.96. The highest BCUT2D eigenvalue weighted by atomic mass is 16.6. The van der Waals surface area contributed by atoms with Gasteiger partial charge in [-0.05, 0) is 60.9 Å². The van der Waals surface area contributed by atoms with E-state index in [2.05, 4.69) is 16.0 Å². The highest BCUT2D eigenvalue weighted by molar-refractivity contribution is 5.91. The number of nitrogens with zero attached hydrogens (tertiary/aromatic N) is 1. The molecule has 2 fully saturated rings. The molecule has 1 aromatic heterocycles. The largest absolute Gasteiger partial charge is 0.497 e. The molecule has 0 bridgehead atoms. The lowest BCUT2D eigenvalue weighted by molar-refractivity contribution is -0.176. The molecule has 6 rings (SSSR count). The molecule has 1 aliphatic carbocycles. The third-order valence-electron chi connectivity index (χ3n) is 9.76. The molecule has 236 valence electrons. The van der Waals surface area contributed by atoms with E-state index in [4.69, 9.17) is 33.2 Å². The van der Waals surface area contributed by atoms with Crippen LogP contribution in [0.15, 0.2) is 30.3 Å². The van der Waals surface area contributed by atoms with Crippen molar-refractivity contribution in [2.45, 2.75) is 37.5 Å². The molecule has 3 aliphatic rings. The zero-order chi connectivity index (χ0) is 31.1. The molecule has 44 heavy (non-hydrogen) atoms. The number of aromatic amines is 1. The number of piperidine rings is 1. The van der Waals surface area contributed by atoms with Crippen molar-refractivity contribution in [2.24, 2.45) is 17.8 Å². The summed E-state index contributed by atoms with van der Waals surface area (Å²) in [6.07, 6.45) is 0.920. The van der Waals surface area contributed by atoms with Crippen LogP contribution in [0.4, 0.5) is 0 Å². The number of fused-ring (bicyclic) bond motifs is 6. The van der Waals surface area contributed by atoms with Crippen molar-refractivity contribution in [1.29, 1.82) is 0 Å². The van der Waals surface area contributed by atoms with Gasteiger partial charge in [0.25, 0.3) is 0 Å². The van der Waals surface area contributed by atoms with Gasteiger partial charge in [0, 0.05) is 42.9 Å². The van der Waals surface area contributed by atoms with E-state index >= 15 is 0 Å². The molecule has 1 saturated heterocycles. The molecule has 1 unspecified atom stereocenters. The van der Waals surface area contributed by atoms with Crippen LogP contribution in [0.25, 0.3) is 10.9 Å². The molecule has 11 nitrogen and oxygen atoms in total. The highest BCUT2D eigenvalue weighted by Gasteiger charge is 2.54. The average molecular weight is 609 g/mol. The Morgan fingerprint density at radius 2 is 1.66 bits per heavy atom. The Morgan fingerprint density at radius 1 is 0.909 bits per heavy atom.